The maximum atomic E-state index is 2.34. The van der Waals surface area contributed by atoms with Crippen LogP contribution in [0.3, 0.4) is 0 Å². The maximum absolute atomic E-state index is 2.34. The summed E-state index contributed by atoms with van der Waals surface area (Å²) in [5.41, 5.74) is 16.8. The van der Waals surface area contributed by atoms with Gasteiger partial charge >= 0.3 is 0 Å². The number of hydrogen-bond donors (Lipinski definition) is 0. The summed E-state index contributed by atoms with van der Waals surface area (Å²) in [5.74, 6) is 0. The molecule has 0 heterocycles. The van der Waals surface area contributed by atoms with E-state index in [-0.39, 0.29) is 6.71 Å². The lowest BCUT2D eigenvalue weighted by atomic mass is 9.33. The van der Waals surface area contributed by atoms with Crippen LogP contribution in [0.1, 0.15) is 50.1 Å². The maximum Gasteiger partial charge on any atom is 0.243 e. The van der Waals surface area contributed by atoms with E-state index in [1.54, 1.807) is 0 Å². The average molecular weight is 368 g/mol. The lowest BCUT2D eigenvalue weighted by Gasteiger charge is -2.27. The van der Waals surface area contributed by atoms with E-state index in [0.717, 1.165) is 0 Å². The molecule has 144 valence electrons. The van der Waals surface area contributed by atoms with E-state index in [0.29, 0.717) is 0 Å². The summed E-state index contributed by atoms with van der Waals surface area (Å²) in [4.78, 5) is 0. The highest BCUT2D eigenvalue weighted by Crippen LogP contribution is 2.16. The van der Waals surface area contributed by atoms with Crippen molar-refractivity contribution in [2.24, 2.45) is 0 Å². The Morgan fingerprint density at radius 1 is 0.357 bits per heavy atom. The van der Waals surface area contributed by atoms with Crippen LogP contribution in [0.15, 0.2) is 36.4 Å². The van der Waals surface area contributed by atoms with Gasteiger partial charge in [0.05, 0.1) is 0 Å². The summed E-state index contributed by atoms with van der Waals surface area (Å²) in [6.45, 7) is 20.5. The van der Waals surface area contributed by atoms with Gasteiger partial charge in [-0.1, -0.05) is 103 Å². The third-order valence-corrected chi connectivity index (χ3v) is 6.08. The zero-order chi connectivity index (χ0) is 20.7. The third-order valence-electron chi connectivity index (χ3n) is 6.08. The Kier molecular flexibility index (Phi) is 5.57. The van der Waals surface area contributed by atoms with Crippen molar-refractivity contribution < 1.29 is 0 Å². The molecule has 0 amide bonds. The minimum absolute atomic E-state index is 0.266. The van der Waals surface area contributed by atoms with Crippen LogP contribution in [-0.4, -0.2) is 6.71 Å². The molecule has 0 nitrogen and oxygen atoms in total. The molecule has 0 unspecified atom stereocenters. The predicted octanol–water partition coefficient (Wildman–Crippen LogP) is 4.98. The first-order valence-electron chi connectivity index (χ1n) is 10.3. The monoisotopic (exact) mass is 368 g/mol. The van der Waals surface area contributed by atoms with Crippen molar-refractivity contribution >= 4 is 23.1 Å². The Balaban J connectivity index is 2.45. The molecule has 0 radical (unpaired) electrons. The molecule has 1 heteroatoms. The fraction of sp³-hybridized carbons (Fsp3) is 0.333. The average Bonchev–Trinajstić information content (AvgIpc) is 2.51. The second-order valence-electron chi connectivity index (χ2n) is 8.87. The Labute approximate surface area is 172 Å². The van der Waals surface area contributed by atoms with E-state index in [2.05, 4.69) is 98.7 Å². The van der Waals surface area contributed by atoms with Crippen molar-refractivity contribution in [3.63, 3.8) is 0 Å². The Morgan fingerprint density at radius 2 is 0.536 bits per heavy atom. The van der Waals surface area contributed by atoms with Gasteiger partial charge in [-0.15, -0.1) is 0 Å². The smallest absolute Gasteiger partial charge is 0.0629 e. The minimum atomic E-state index is 0.266. The molecule has 28 heavy (non-hydrogen) atoms. The molecule has 0 aliphatic rings. The predicted molar refractivity (Wildman–Crippen MR) is 127 cm³/mol. The Morgan fingerprint density at radius 3 is 0.714 bits per heavy atom. The number of rotatable bonds is 3. The molecule has 0 spiro atoms. The van der Waals surface area contributed by atoms with Gasteiger partial charge in [-0.05, 0) is 62.3 Å². The summed E-state index contributed by atoms with van der Waals surface area (Å²) < 4.78 is 0. The van der Waals surface area contributed by atoms with Crippen molar-refractivity contribution in [1.29, 1.82) is 0 Å². The molecule has 0 aliphatic heterocycles. The molecule has 0 N–H and O–H groups in total. The zero-order valence-electron chi connectivity index (χ0n) is 19.0. The first-order chi connectivity index (χ1) is 13.1. The molecule has 0 atom stereocenters. The van der Waals surface area contributed by atoms with Crippen LogP contribution in [0.25, 0.3) is 0 Å². The molecule has 3 aromatic rings. The fourth-order valence-electron chi connectivity index (χ4n) is 5.37. The van der Waals surface area contributed by atoms with E-state index in [4.69, 9.17) is 0 Å². The molecular formula is C27H33B. The lowest BCUT2D eigenvalue weighted by Crippen LogP contribution is -2.57. The van der Waals surface area contributed by atoms with E-state index in [1.165, 1.54) is 66.5 Å². The SMILES string of the molecule is Cc1cc(C)c(B(c2c(C)cc(C)cc2C)c2c(C)cc(C)cc2C)c(C)c1. The number of benzene rings is 3. The van der Waals surface area contributed by atoms with Crippen LogP contribution in [-0.2, 0) is 0 Å². The topological polar surface area (TPSA) is 0 Å². The van der Waals surface area contributed by atoms with Crippen molar-refractivity contribution in [1.82, 2.24) is 0 Å². The highest BCUT2D eigenvalue weighted by atomic mass is 14.1. The second kappa shape index (κ2) is 7.62. The van der Waals surface area contributed by atoms with Gasteiger partial charge in [0.1, 0.15) is 0 Å². The highest BCUT2D eigenvalue weighted by molar-refractivity contribution is 6.97. The molecule has 0 aliphatic carbocycles. The summed E-state index contributed by atoms with van der Waals surface area (Å²) in [6.07, 6.45) is 0. The van der Waals surface area contributed by atoms with E-state index >= 15 is 0 Å². The quantitative estimate of drug-likeness (QED) is 0.572. The lowest BCUT2D eigenvalue weighted by molar-refractivity contribution is 1.32. The first kappa shape index (κ1) is 20.5. The van der Waals surface area contributed by atoms with Crippen LogP contribution in [0.5, 0.6) is 0 Å². The normalized spacial score (nSPS) is 11.0. The molecular weight excluding hydrogens is 335 g/mol. The zero-order valence-corrected chi connectivity index (χ0v) is 19.0. The molecule has 3 aromatic carbocycles. The van der Waals surface area contributed by atoms with E-state index in [1.807, 2.05) is 0 Å². The summed E-state index contributed by atoms with van der Waals surface area (Å²) in [7, 11) is 0. The van der Waals surface area contributed by atoms with Crippen LogP contribution in [0, 0.1) is 62.3 Å². The molecule has 0 saturated carbocycles. The molecule has 3 rings (SSSR count). The second-order valence-corrected chi connectivity index (χ2v) is 8.87. The van der Waals surface area contributed by atoms with Crippen LogP contribution in [0.4, 0.5) is 0 Å². The van der Waals surface area contributed by atoms with Gasteiger partial charge in [-0.25, -0.2) is 0 Å². The van der Waals surface area contributed by atoms with Gasteiger partial charge in [0.25, 0.3) is 0 Å². The van der Waals surface area contributed by atoms with Gasteiger partial charge in [-0.3, -0.25) is 0 Å². The van der Waals surface area contributed by atoms with Crippen molar-refractivity contribution in [3.8, 4) is 0 Å². The summed E-state index contributed by atoms with van der Waals surface area (Å²) in [5, 5.41) is 0. The molecule has 0 saturated heterocycles. The summed E-state index contributed by atoms with van der Waals surface area (Å²) in [6, 6.07) is 14.0. The van der Waals surface area contributed by atoms with E-state index < -0.39 is 0 Å². The first-order valence-corrected chi connectivity index (χ1v) is 10.3. The van der Waals surface area contributed by atoms with Crippen molar-refractivity contribution in [2.75, 3.05) is 0 Å². The Hall–Kier alpha value is -2.28. The van der Waals surface area contributed by atoms with Crippen LogP contribution in [0.2, 0.25) is 0 Å². The summed E-state index contributed by atoms with van der Waals surface area (Å²) >= 11 is 0. The molecule has 0 aromatic heterocycles. The van der Waals surface area contributed by atoms with E-state index in [9.17, 15) is 0 Å². The number of aryl methyl sites for hydroxylation is 9. The molecule has 0 fully saturated rings. The van der Waals surface area contributed by atoms with Crippen LogP contribution >= 0.6 is 0 Å². The van der Waals surface area contributed by atoms with Gasteiger partial charge in [0.15, 0.2) is 0 Å². The van der Waals surface area contributed by atoms with Gasteiger partial charge in [-0.2, -0.15) is 0 Å². The third kappa shape index (κ3) is 3.68. The van der Waals surface area contributed by atoms with Crippen LogP contribution < -0.4 is 16.4 Å². The van der Waals surface area contributed by atoms with Gasteiger partial charge < -0.3 is 0 Å². The van der Waals surface area contributed by atoms with Crippen molar-refractivity contribution in [3.05, 3.63) is 86.5 Å². The van der Waals surface area contributed by atoms with Gasteiger partial charge in [0.2, 0.25) is 6.71 Å². The Bertz CT molecular complexity index is 850. The highest BCUT2D eigenvalue weighted by Gasteiger charge is 2.30. The molecule has 0 bridgehead atoms. The van der Waals surface area contributed by atoms with Gasteiger partial charge in [0, 0.05) is 0 Å². The standard InChI is InChI=1S/C27H33B/c1-16-10-19(4)25(20(5)11-16)28(26-21(6)12-17(2)13-22(26)7)27-23(8)14-18(3)15-24(27)9/h10-15H,1-9H3. The number of hydrogen-bond acceptors (Lipinski definition) is 0. The van der Waals surface area contributed by atoms with Crippen molar-refractivity contribution in [2.45, 2.75) is 62.3 Å². The minimum Gasteiger partial charge on any atom is -0.0629 e. The largest absolute Gasteiger partial charge is 0.243 e. The fourth-order valence-corrected chi connectivity index (χ4v) is 5.37.